The Morgan fingerprint density at radius 1 is 0.872 bits per heavy atom. The van der Waals surface area contributed by atoms with E-state index in [0.29, 0.717) is 37.6 Å². The van der Waals surface area contributed by atoms with Crippen molar-refractivity contribution in [2.75, 3.05) is 31.1 Å². The van der Waals surface area contributed by atoms with E-state index in [1.165, 1.54) is 5.56 Å². The average Bonchev–Trinajstić information content (AvgIpc) is 3.15. The third-order valence-corrected chi connectivity index (χ3v) is 10.1. The van der Waals surface area contributed by atoms with Crippen molar-refractivity contribution in [3.05, 3.63) is 72.4 Å². The van der Waals surface area contributed by atoms with E-state index < -0.39 is 28.3 Å². The van der Waals surface area contributed by atoms with E-state index in [-0.39, 0.29) is 4.90 Å². The second-order valence-electron chi connectivity index (χ2n) is 11.7. The lowest BCUT2D eigenvalue weighted by Gasteiger charge is -2.36. The largest absolute Gasteiger partial charge is 0.494 e. The van der Waals surface area contributed by atoms with Gasteiger partial charge in [-0.3, -0.25) is 4.98 Å². The number of benzene rings is 2. The zero-order valence-corrected chi connectivity index (χ0v) is 24.5. The summed E-state index contributed by atoms with van der Waals surface area (Å²) in [6.07, 6.45) is 1.81. The number of sulfonamides is 1. The molecule has 7 nitrogen and oxygen atoms in total. The van der Waals surface area contributed by atoms with Crippen molar-refractivity contribution >= 4 is 28.3 Å². The maximum atomic E-state index is 13.6. The summed E-state index contributed by atoms with van der Waals surface area (Å²) >= 11 is 0. The molecule has 2 saturated heterocycles. The second kappa shape index (κ2) is 10.4. The number of anilines is 1. The molecular formula is C30H38BN3O4S. The summed E-state index contributed by atoms with van der Waals surface area (Å²) in [6.45, 7) is 14.3. The van der Waals surface area contributed by atoms with Crippen LogP contribution >= 0.6 is 0 Å². The van der Waals surface area contributed by atoms with Crippen LogP contribution in [0.5, 0.6) is 0 Å². The van der Waals surface area contributed by atoms with Crippen molar-refractivity contribution < 1.29 is 17.7 Å². The van der Waals surface area contributed by atoms with Gasteiger partial charge >= 0.3 is 7.12 Å². The molecule has 0 unspecified atom stereocenters. The number of aromatic nitrogens is 1. The van der Waals surface area contributed by atoms with Gasteiger partial charge in [0.05, 0.1) is 27.5 Å². The first-order valence-corrected chi connectivity index (χ1v) is 15.1. The first-order valence-electron chi connectivity index (χ1n) is 13.7. The number of piperazine rings is 1. The summed E-state index contributed by atoms with van der Waals surface area (Å²) in [5.41, 5.74) is 4.00. The highest BCUT2D eigenvalue weighted by atomic mass is 32.2. The Bertz CT molecular complexity index is 1420. The molecule has 0 saturated carbocycles. The third kappa shape index (κ3) is 5.37. The van der Waals surface area contributed by atoms with Gasteiger partial charge in [-0.2, -0.15) is 4.31 Å². The van der Waals surface area contributed by atoms with Crippen LogP contribution < -0.4 is 10.4 Å². The predicted molar refractivity (Wildman–Crippen MR) is 157 cm³/mol. The van der Waals surface area contributed by atoms with Gasteiger partial charge in [0.2, 0.25) is 10.0 Å². The molecular weight excluding hydrogens is 509 g/mol. The van der Waals surface area contributed by atoms with E-state index in [2.05, 4.69) is 54.1 Å². The molecule has 9 heteroatoms. The van der Waals surface area contributed by atoms with Crippen LogP contribution in [0.2, 0.25) is 0 Å². The molecule has 206 valence electrons. The summed E-state index contributed by atoms with van der Waals surface area (Å²) in [7, 11) is -4.28. The van der Waals surface area contributed by atoms with E-state index in [0.717, 1.165) is 16.9 Å². The first-order chi connectivity index (χ1) is 18.4. The van der Waals surface area contributed by atoms with Gasteiger partial charge in [-0.25, -0.2) is 8.42 Å². The number of hydrogen-bond donors (Lipinski definition) is 0. The Balaban J connectivity index is 1.31. The van der Waals surface area contributed by atoms with Gasteiger partial charge in [0, 0.05) is 37.9 Å². The van der Waals surface area contributed by atoms with E-state index in [9.17, 15) is 8.42 Å². The molecule has 0 amide bonds. The van der Waals surface area contributed by atoms with Crippen LogP contribution in [0.4, 0.5) is 5.69 Å². The lowest BCUT2D eigenvalue weighted by Crippen LogP contribution is -2.49. The van der Waals surface area contributed by atoms with E-state index in [4.69, 9.17) is 9.31 Å². The van der Waals surface area contributed by atoms with Gasteiger partial charge in [0.15, 0.2) is 0 Å². The van der Waals surface area contributed by atoms with Crippen molar-refractivity contribution in [1.29, 1.82) is 0 Å². The standard InChI is InChI=1S/C30H38BN3O4S/c1-22(2)23-12-14-24(15-13-23)28-27(11-8-16-32-28)33-17-19-34(20-18-33)39(35,36)26-10-7-9-25(21-26)31-37-29(3,4)30(5,6)38-31/h7-16,21-22H,17-20H2,1-6H3. The van der Waals surface area contributed by atoms with Crippen LogP contribution in [0.1, 0.15) is 53.0 Å². The van der Waals surface area contributed by atoms with E-state index >= 15 is 0 Å². The Morgan fingerprint density at radius 3 is 2.13 bits per heavy atom. The summed E-state index contributed by atoms with van der Waals surface area (Å²) in [4.78, 5) is 7.17. The fourth-order valence-corrected chi connectivity index (χ4v) is 6.50. The molecule has 0 radical (unpaired) electrons. The Kier molecular flexibility index (Phi) is 7.39. The quantitative estimate of drug-likeness (QED) is 0.418. The lowest BCUT2D eigenvalue weighted by molar-refractivity contribution is 0.00578. The SMILES string of the molecule is CC(C)c1ccc(-c2ncccc2N2CCN(S(=O)(=O)c3cccc(B4OC(C)(C)C(C)(C)O4)c3)CC2)cc1. The van der Waals surface area contributed by atoms with Gasteiger partial charge in [-0.1, -0.05) is 50.2 Å². The second-order valence-corrected chi connectivity index (χ2v) is 13.6. The normalized spacial score (nSPS) is 19.6. The zero-order valence-electron chi connectivity index (χ0n) is 23.7. The van der Waals surface area contributed by atoms with Crippen molar-refractivity contribution in [3.8, 4) is 11.3 Å². The minimum atomic E-state index is -3.67. The molecule has 0 atom stereocenters. The molecule has 5 rings (SSSR count). The molecule has 0 spiro atoms. The summed E-state index contributed by atoms with van der Waals surface area (Å²) in [5, 5.41) is 0. The minimum Gasteiger partial charge on any atom is -0.399 e. The molecule has 39 heavy (non-hydrogen) atoms. The van der Waals surface area contributed by atoms with Gasteiger partial charge in [0.1, 0.15) is 0 Å². The van der Waals surface area contributed by atoms with Crippen LogP contribution in [-0.4, -0.2) is 62.2 Å². The van der Waals surface area contributed by atoms with Crippen LogP contribution in [-0.2, 0) is 19.3 Å². The maximum absolute atomic E-state index is 13.6. The molecule has 2 fully saturated rings. The lowest BCUT2D eigenvalue weighted by atomic mass is 9.79. The zero-order chi connectivity index (χ0) is 28.0. The van der Waals surface area contributed by atoms with Crippen molar-refractivity contribution in [3.63, 3.8) is 0 Å². The fourth-order valence-electron chi connectivity index (χ4n) is 5.02. The highest BCUT2D eigenvalue weighted by molar-refractivity contribution is 7.89. The Labute approximate surface area is 233 Å². The highest BCUT2D eigenvalue weighted by Gasteiger charge is 2.51. The molecule has 0 N–H and O–H groups in total. The Hall–Kier alpha value is -2.72. The van der Waals surface area contributed by atoms with E-state index in [1.54, 1.807) is 22.5 Å². The van der Waals surface area contributed by atoms with Crippen molar-refractivity contribution in [2.24, 2.45) is 0 Å². The third-order valence-electron chi connectivity index (χ3n) is 8.24. The van der Waals surface area contributed by atoms with Gasteiger partial charge < -0.3 is 14.2 Å². The molecule has 2 aromatic carbocycles. The molecule has 1 aromatic heterocycles. The molecule has 3 heterocycles. The van der Waals surface area contributed by atoms with Crippen molar-refractivity contribution in [2.45, 2.75) is 63.6 Å². The Morgan fingerprint density at radius 2 is 1.51 bits per heavy atom. The molecule has 3 aromatic rings. The number of nitrogens with zero attached hydrogens (tertiary/aromatic N) is 3. The van der Waals surface area contributed by atoms with Crippen LogP contribution in [0.3, 0.4) is 0 Å². The van der Waals surface area contributed by atoms with Gasteiger partial charge in [-0.15, -0.1) is 0 Å². The van der Waals surface area contributed by atoms with Crippen LogP contribution in [0, 0.1) is 0 Å². The van der Waals surface area contributed by atoms with Crippen LogP contribution in [0.25, 0.3) is 11.3 Å². The van der Waals surface area contributed by atoms with Gasteiger partial charge in [-0.05, 0) is 68.9 Å². The topological polar surface area (TPSA) is 72.0 Å². The predicted octanol–water partition coefficient (Wildman–Crippen LogP) is 4.68. The number of hydrogen-bond acceptors (Lipinski definition) is 6. The molecule has 0 aliphatic carbocycles. The molecule has 2 aliphatic heterocycles. The van der Waals surface area contributed by atoms with E-state index in [1.807, 2.05) is 46.0 Å². The molecule has 2 aliphatic rings. The summed E-state index contributed by atoms with van der Waals surface area (Å²) in [5.74, 6) is 0.467. The smallest absolute Gasteiger partial charge is 0.399 e. The maximum Gasteiger partial charge on any atom is 0.494 e. The number of pyridine rings is 1. The van der Waals surface area contributed by atoms with Crippen molar-refractivity contribution in [1.82, 2.24) is 9.29 Å². The summed E-state index contributed by atoms with van der Waals surface area (Å²) < 4.78 is 41.1. The first kappa shape index (κ1) is 27.8. The highest BCUT2D eigenvalue weighted by Crippen LogP contribution is 2.37. The summed E-state index contributed by atoms with van der Waals surface area (Å²) in [6, 6.07) is 19.5. The fraction of sp³-hybridized carbons (Fsp3) is 0.433. The van der Waals surface area contributed by atoms with Crippen LogP contribution in [0.15, 0.2) is 71.8 Å². The number of rotatable bonds is 6. The monoisotopic (exact) mass is 547 g/mol. The minimum absolute atomic E-state index is 0.260. The molecule has 0 bridgehead atoms. The average molecular weight is 548 g/mol. The van der Waals surface area contributed by atoms with Gasteiger partial charge in [0.25, 0.3) is 0 Å².